The maximum atomic E-state index is 9.87. The molecule has 7 heavy (non-hydrogen) atoms. The molecule has 0 aliphatic rings. The van der Waals surface area contributed by atoms with Crippen molar-refractivity contribution in [1.29, 1.82) is 0 Å². The molecule has 0 aliphatic heterocycles. The summed E-state index contributed by atoms with van der Waals surface area (Å²) in [4.78, 5) is 0. The fourth-order valence-electron chi connectivity index (χ4n) is 0.129. The molecule has 2 nitrogen and oxygen atoms in total. The fourth-order valence-corrected chi connectivity index (χ4v) is 0.387. The van der Waals surface area contributed by atoms with Gasteiger partial charge in [0.15, 0.2) is 0 Å². The van der Waals surface area contributed by atoms with E-state index in [1.807, 2.05) is 0 Å². The Balaban J connectivity index is 3.83. The molecule has 0 saturated carbocycles. The van der Waals surface area contributed by atoms with Gasteiger partial charge in [-0.1, -0.05) is 13.5 Å². The molecule has 0 amide bonds. The van der Waals surface area contributed by atoms with Gasteiger partial charge in [-0.15, -0.1) is 0 Å². The third-order valence-corrected chi connectivity index (χ3v) is 1.50. The van der Waals surface area contributed by atoms with Gasteiger partial charge in [-0.3, -0.25) is 0 Å². The molecule has 0 radical (unpaired) electrons. The van der Waals surface area contributed by atoms with Gasteiger partial charge in [-0.05, 0) is 6.42 Å². The van der Waals surface area contributed by atoms with Gasteiger partial charge in [0.2, 0.25) is 0 Å². The van der Waals surface area contributed by atoms with Crippen LogP contribution in [0.1, 0.15) is 13.3 Å². The zero-order valence-electron chi connectivity index (χ0n) is 4.18. The number of allylic oxidation sites excluding steroid dienone is 1. The maximum absolute atomic E-state index is 9.87. The average molecular weight is 118 g/mol. The molecule has 0 aromatic carbocycles. The van der Waals surface area contributed by atoms with E-state index in [-0.39, 0.29) is 0 Å². The Labute approximate surface area is 43.1 Å². The lowest BCUT2D eigenvalue weighted by atomic mass is 10.5. The Morgan fingerprint density at radius 3 is 2.14 bits per heavy atom. The summed E-state index contributed by atoms with van der Waals surface area (Å²) in [7, 11) is -2.36. The number of hydrogen-bond donors (Lipinski definition) is 0. The summed E-state index contributed by atoms with van der Waals surface area (Å²) in [6, 6.07) is 0. The minimum absolute atomic E-state index is 0.301. The van der Waals surface area contributed by atoms with E-state index in [2.05, 4.69) is 6.58 Å². The van der Waals surface area contributed by atoms with Gasteiger partial charge in [-0.2, -0.15) is 0 Å². The van der Waals surface area contributed by atoms with Crippen LogP contribution in [-0.4, -0.2) is 0 Å². The highest BCUT2D eigenvalue weighted by atomic mass is 31.1. The first kappa shape index (κ1) is 6.64. The lowest BCUT2D eigenvalue weighted by Crippen LogP contribution is -1.58. The zero-order valence-corrected chi connectivity index (χ0v) is 5.07. The van der Waals surface area contributed by atoms with Crippen LogP contribution in [0.5, 0.6) is 0 Å². The first-order valence-corrected chi connectivity index (χ1v) is 3.18. The van der Waals surface area contributed by atoms with Crippen molar-refractivity contribution in [3.05, 3.63) is 11.9 Å². The van der Waals surface area contributed by atoms with Crippen LogP contribution >= 0.6 is 7.68 Å². The molecule has 0 heterocycles. The monoisotopic (exact) mass is 118 g/mol. The second kappa shape index (κ2) is 2.75. The van der Waals surface area contributed by atoms with Crippen LogP contribution in [0.2, 0.25) is 0 Å². The summed E-state index contributed by atoms with van der Waals surface area (Å²) in [5.74, 6) is 0. The highest BCUT2D eigenvalue weighted by Gasteiger charge is 1.91. The normalized spacial score (nSPS) is 8.14. The van der Waals surface area contributed by atoms with E-state index in [1.165, 1.54) is 0 Å². The number of hydrogen-bond acceptors (Lipinski definition) is 2. The van der Waals surface area contributed by atoms with Crippen molar-refractivity contribution in [3.63, 3.8) is 0 Å². The Kier molecular flexibility index (Phi) is 2.61. The Bertz CT molecular complexity index is 127. The molecular formula is C4H7O2P. The first-order valence-electron chi connectivity index (χ1n) is 2.00. The van der Waals surface area contributed by atoms with E-state index in [9.17, 15) is 9.13 Å². The summed E-state index contributed by atoms with van der Waals surface area (Å²) in [5.41, 5.74) is 0. The van der Waals surface area contributed by atoms with E-state index >= 15 is 0 Å². The van der Waals surface area contributed by atoms with Gasteiger partial charge in [0.1, 0.15) is 0 Å². The molecule has 0 bridgehead atoms. The van der Waals surface area contributed by atoms with Crippen LogP contribution in [0.25, 0.3) is 0 Å². The minimum atomic E-state index is -2.36. The van der Waals surface area contributed by atoms with Crippen LogP contribution in [0, 0.1) is 0 Å². The van der Waals surface area contributed by atoms with E-state index in [4.69, 9.17) is 0 Å². The molecule has 0 aromatic heterocycles. The molecule has 0 spiro atoms. The SMILES string of the molecule is C=C(CC)P(=O)=O. The lowest BCUT2D eigenvalue weighted by molar-refractivity contribution is 0.519. The van der Waals surface area contributed by atoms with Crippen LogP contribution in [0.3, 0.4) is 0 Å². The number of rotatable bonds is 2. The minimum Gasteiger partial charge on any atom is -0.232 e. The molecule has 0 unspecified atom stereocenters. The van der Waals surface area contributed by atoms with Gasteiger partial charge < -0.3 is 0 Å². The smallest absolute Gasteiger partial charge is 0.232 e. The maximum Gasteiger partial charge on any atom is 0.343 e. The molecule has 0 atom stereocenters. The van der Waals surface area contributed by atoms with Crippen LogP contribution in [-0.2, 0) is 9.13 Å². The highest BCUT2D eigenvalue weighted by molar-refractivity contribution is 7.36. The molecule has 0 N–H and O–H groups in total. The van der Waals surface area contributed by atoms with Gasteiger partial charge >= 0.3 is 7.68 Å². The molecular weight excluding hydrogens is 111 g/mol. The molecule has 40 valence electrons. The van der Waals surface area contributed by atoms with Crippen molar-refractivity contribution < 1.29 is 9.13 Å². The third-order valence-electron chi connectivity index (χ3n) is 0.666. The molecule has 0 saturated heterocycles. The summed E-state index contributed by atoms with van der Waals surface area (Å²) >= 11 is 0. The summed E-state index contributed by atoms with van der Waals surface area (Å²) in [5, 5.41) is 0.301. The van der Waals surface area contributed by atoms with Crippen LogP contribution in [0.15, 0.2) is 11.9 Å². The Morgan fingerprint density at radius 1 is 1.71 bits per heavy atom. The van der Waals surface area contributed by atoms with Gasteiger partial charge in [0.25, 0.3) is 0 Å². The quantitative estimate of drug-likeness (QED) is 0.520. The molecule has 0 fully saturated rings. The van der Waals surface area contributed by atoms with Crippen molar-refractivity contribution >= 4 is 7.68 Å². The topological polar surface area (TPSA) is 34.1 Å². The molecule has 0 rings (SSSR count). The lowest BCUT2D eigenvalue weighted by Gasteiger charge is -1.78. The van der Waals surface area contributed by atoms with E-state index in [0.29, 0.717) is 11.7 Å². The summed E-state index contributed by atoms with van der Waals surface area (Å²) in [6.07, 6.45) is 0.526. The third kappa shape index (κ3) is 2.35. The second-order valence-corrected chi connectivity index (χ2v) is 2.32. The first-order chi connectivity index (χ1) is 3.18. The van der Waals surface area contributed by atoms with Crippen LogP contribution < -0.4 is 0 Å². The predicted octanol–water partition coefficient (Wildman–Crippen LogP) is 2.08. The summed E-state index contributed by atoms with van der Waals surface area (Å²) < 4.78 is 19.7. The van der Waals surface area contributed by atoms with E-state index in [1.54, 1.807) is 6.92 Å². The van der Waals surface area contributed by atoms with Crippen molar-refractivity contribution in [2.75, 3.05) is 0 Å². The van der Waals surface area contributed by atoms with Crippen molar-refractivity contribution in [2.45, 2.75) is 13.3 Å². The predicted molar refractivity (Wildman–Crippen MR) is 27.7 cm³/mol. The van der Waals surface area contributed by atoms with Crippen molar-refractivity contribution in [2.24, 2.45) is 0 Å². The zero-order chi connectivity index (χ0) is 5.86. The van der Waals surface area contributed by atoms with E-state index in [0.717, 1.165) is 0 Å². The van der Waals surface area contributed by atoms with Crippen molar-refractivity contribution in [1.82, 2.24) is 0 Å². The van der Waals surface area contributed by atoms with Gasteiger partial charge in [0.05, 0.1) is 0 Å². The largest absolute Gasteiger partial charge is 0.343 e. The molecule has 0 aliphatic carbocycles. The fraction of sp³-hybridized carbons (Fsp3) is 0.500. The average Bonchev–Trinajstić information content (AvgIpc) is 1.65. The Morgan fingerprint density at radius 2 is 2.14 bits per heavy atom. The highest BCUT2D eigenvalue weighted by Crippen LogP contribution is 2.18. The van der Waals surface area contributed by atoms with Crippen molar-refractivity contribution in [3.8, 4) is 0 Å². The standard InChI is InChI=1S/C4H7O2P/c1-3-4(2)7(5)6/h2-3H2,1H3. The van der Waals surface area contributed by atoms with Crippen LogP contribution in [0.4, 0.5) is 0 Å². The van der Waals surface area contributed by atoms with Gasteiger partial charge in [-0.25, -0.2) is 9.13 Å². The van der Waals surface area contributed by atoms with E-state index < -0.39 is 7.68 Å². The second-order valence-electron chi connectivity index (χ2n) is 1.18. The summed E-state index contributed by atoms with van der Waals surface area (Å²) in [6.45, 7) is 5.03. The molecule has 0 aromatic rings. The molecule has 3 heteroatoms. The Hall–Kier alpha value is -0.360. The van der Waals surface area contributed by atoms with Gasteiger partial charge in [0, 0.05) is 5.31 Å².